The van der Waals surface area contributed by atoms with Crippen LogP contribution in [0.1, 0.15) is 67.9 Å². The number of hydrogen-bond acceptors (Lipinski definition) is 7. The monoisotopic (exact) mass is 495 g/mol. The zero-order valence-electron chi connectivity index (χ0n) is 19.8. The average molecular weight is 496 g/mol. The van der Waals surface area contributed by atoms with Gasteiger partial charge < -0.3 is 19.9 Å². The van der Waals surface area contributed by atoms with Crippen molar-refractivity contribution in [2.45, 2.75) is 64.0 Å². The normalized spacial score (nSPS) is 22.2. The molecule has 3 unspecified atom stereocenters. The first-order valence-electron chi connectivity index (χ1n) is 12.2. The molecule has 35 heavy (non-hydrogen) atoms. The van der Waals surface area contributed by atoms with Gasteiger partial charge in [-0.1, -0.05) is 13.0 Å². The third kappa shape index (κ3) is 4.42. The van der Waals surface area contributed by atoms with Gasteiger partial charge in [0.05, 0.1) is 35.6 Å². The second kappa shape index (κ2) is 9.77. The van der Waals surface area contributed by atoms with Crippen LogP contribution in [0, 0.1) is 5.92 Å². The van der Waals surface area contributed by atoms with Crippen molar-refractivity contribution in [1.82, 2.24) is 19.9 Å². The van der Waals surface area contributed by atoms with Crippen molar-refractivity contribution in [3.8, 4) is 0 Å². The van der Waals surface area contributed by atoms with Crippen LogP contribution in [0.15, 0.2) is 29.9 Å². The van der Waals surface area contributed by atoms with Gasteiger partial charge in [0.1, 0.15) is 5.52 Å². The molecule has 2 saturated heterocycles. The number of nitrogens with zero attached hydrogens (tertiary/aromatic N) is 3. The molecule has 5 rings (SSSR count). The third-order valence-corrected chi connectivity index (χ3v) is 7.88. The maximum absolute atomic E-state index is 13.5. The Kier molecular flexibility index (Phi) is 6.55. The highest BCUT2D eigenvalue weighted by atomic mass is 32.1. The number of esters is 1. The number of H-pyrrole nitrogens is 1. The molecule has 0 spiro atoms. The van der Waals surface area contributed by atoms with Crippen molar-refractivity contribution in [3.05, 3.63) is 41.2 Å². The van der Waals surface area contributed by atoms with Gasteiger partial charge in [-0.25, -0.2) is 9.97 Å². The molecule has 3 aromatic rings. The van der Waals surface area contributed by atoms with Gasteiger partial charge in [0.2, 0.25) is 5.91 Å². The number of imidazole rings is 1. The summed E-state index contributed by atoms with van der Waals surface area (Å²) in [6.07, 6.45) is 5.24. The Balaban J connectivity index is 1.25. The Bertz CT molecular complexity index is 1240. The number of piperidine rings is 1. The number of thiazole rings is 1. The van der Waals surface area contributed by atoms with Gasteiger partial charge in [-0.15, -0.1) is 11.3 Å². The largest absolute Gasteiger partial charge is 0.465 e. The van der Waals surface area contributed by atoms with Crippen molar-refractivity contribution in [2.24, 2.45) is 5.92 Å². The van der Waals surface area contributed by atoms with Crippen LogP contribution in [-0.2, 0) is 14.3 Å². The Labute approximate surface area is 207 Å². The molecule has 9 nitrogen and oxygen atoms in total. The zero-order chi connectivity index (χ0) is 24.5. The van der Waals surface area contributed by atoms with Crippen LogP contribution in [0.5, 0.6) is 0 Å². The molecule has 2 N–H and O–H groups in total. The van der Waals surface area contributed by atoms with E-state index in [0.29, 0.717) is 47.8 Å². The predicted octanol–water partition coefficient (Wildman–Crippen LogP) is 4.10. The minimum Gasteiger partial charge on any atom is -0.465 e. The lowest BCUT2D eigenvalue weighted by atomic mass is 9.89. The number of carbonyl (C=O) groups excluding carboxylic acids is 3. The van der Waals surface area contributed by atoms with Gasteiger partial charge >= 0.3 is 5.97 Å². The van der Waals surface area contributed by atoms with E-state index in [-0.39, 0.29) is 35.8 Å². The van der Waals surface area contributed by atoms with Crippen molar-refractivity contribution in [3.63, 3.8) is 0 Å². The van der Waals surface area contributed by atoms with Crippen LogP contribution in [0.3, 0.4) is 0 Å². The number of ether oxygens (including phenoxy) is 1. The molecule has 2 aliphatic heterocycles. The highest BCUT2D eigenvalue weighted by Crippen LogP contribution is 2.40. The SMILES string of the molecule is CCOC(=O)C(CC)c1csc(NC(=O)C2CC3CCC(C2)N3C(=O)c2cccc3[nH]cnc23)n1. The first kappa shape index (κ1) is 23.5. The van der Waals surface area contributed by atoms with E-state index in [4.69, 9.17) is 4.74 Å². The van der Waals surface area contributed by atoms with E-state index in [1.54, 1.807) is 18.6 Å². The van der Waals surface area contributed by atoms with Crippen molar-refractivity contribution in [2.75, 3.05) is 11.9 Å². The Morgan fingerprint density at radius 3 is 2.71 bits per heavy atom. The highest BCUT2D eigenvalue weighted by molar-refractivity contribution is 7.14. The molecular formula is C25H29N5O4S. The van der Waals surface area contributed by atoms with Crippen LogP contribution in [0.2, 0.25) is 0 Å². The summed E-state index contributed by atoms with van der Waals surface area (Å²) < 4.78 is 5.15. The summed E-state index contributed by atoms with van der Waals surface area (Å²) in [4.78, 5) is 52.6. The van der Waals surface area contributed by atoms with Gasteiger partial charge in [-0.05, 0) is 51.2 Å². The number of anilines is 1. The number of rotatable bonds is 7. The van der Waals surface area contributed by atoms with Crippen LogP contribution >= 0.6 is 11.3 Å². The summed E-state index contributed by atoms with van der Waals surface area (Å²) >= 11 is 1.32. The minimum absolute atomic E-state index is 0.0109. The molecular weight excluding hydrogens is 466 g/mol. The predicted molar refractivity (Wildman–Crippen MR) is 132 cm³/mol. The summed E-state index contributed by atoms with van der Waals surface area (Å²) in [7, 11) is 0. The molecule has 2 aromatic heterocycles. The van der Waals surface area contributed by atoms with E-state index in [0.717, 1.165) is 18.4 Å². The van der Waals surface area contributed by atoms with Crippen LogP contribution < -0.4 is 5.32 Å². The average Bonchev–Trinajstić information content (AvgIpc) is 3.57. The van der Waals surface area contributed by atoms with E-state index in [1.165, 1.54) is 11.3 Å². The van der Waals surface area contributed by atoms with E-state index in [2.05, 4.69) is 20.3 Å². The molecule has 2 bridgehead atoms. The van der Waals surface area contributed by atoms with Crippen LogP contribution in [0.4, 0.5) is 5.13 Å². The molecule has 2 amide bonds. The molecule has 0 radical (unpaired) electrons. The second-order valence-corrected chi connectivity index (χ2v) is 10.0. The summed E-state index contributed by atoms with van der Waals surface area (Å²) in [6.45, 7) is 4.01. The molecule has 3 atom stereocenters. The fourth-order valence-electron chi connectivity index (χ4n) is 5.45. The quantitative estimate of drug-likeness (QED) is 0.477. The minimum atomic E-state index is -0.430. The van der Waals surface area contributed by atoms with Crippen molar-refractivity contribution >= 4 is 45.3 Å². The molecule has 4 heterocycles. The fourth-order valence-corrected chi connectivity index (χ4v) is 6.22. The number of nitrogens with one attached hydrogen (secondary N) is 2. The number of benzene rings is 1. The molecule has 10 heteroatoms. The van der Waals surface area contributed by atoms with Gasteiger partial charge in [-0.3, -0.25) is 14.4 Å². The Morgan fingerprint density at radius 1 is 1.23 bits per heavy atom. The second-order valence-electron chi connectivity index (χ2n) is 9.15. The maximum Gasteiger partial charge on any atom is 0.315 e. The van der Waals surface area contributed by atoms with Gasteiger partial charge in [0.15, 0.2) is 5.13 Å². The van der Waals surface area contributed by atoms with E-state index < -0.39 is 5.92 Å². The van der Waals surface area contributed by atoms with E-state index >= 15 is 0 Å². The van der Waals surface area contributed by atoms with Gasteiger partial charge in [0.25, 0.3) is 5.91 Å². The number of fused-ring (bicyclic) bond motifs is 3. The topological polar surface area (TPSA) is 117 Å². The van der Waals surface area contributed by atoms with Gasteiger partial charge in [-0.2, -0.15) is 0 Å². The standard InChI is InChI=1S/C25H29N5O4S/c1-3-17(24(33)34-4-2)20-12-35-25(28-20)29-22(31)14-10-15-8-9-16(11-14)30(15)23(32)18-6-5-7-19-21(18)27-13-26-19/h5-7,12-17H,3-4,8-11H2,1-2H3,(H,26,27)(H,28,29,31). The van der Waals surface area contributed by atoms with Crippen molar-refractivity contribution < 1.29 is 19.1 Å². The number of carbonyl (C=O) groups is 3. The summed E-state index contributed by atoms with van der Waals surface area (Å²) in [5.41, 5.74) is 2.75. The van der Waals surface area contributed by atoms with E-state index in [1.807, 2.05) is 30.0 Å². The van der Waals surface area contributed by atoms with Crippen LogP contribution in [-0.4, -0.2) is 56.3 Å². The maximum atomic E-state index is 13.5. The number of hydrogen-bond donors (Lipinski definition) is 2. The molecule has 1 aromatic carbocycles. The Hall–Kier alpha value is -3.27. The number of para-hydroxylation sites is 1. The summed E-state index contributed by atoms with van der Waals surface area (Å²) in [5, 5.41) is 5.24. The van der Waals surface area contributed by atoms with Crippen LogP contribution in [0.25, 0.3) is 11.0 Å². The molecule has 0 aliphatic carbocycles. The number of amides is 2. The highest BCUT2D eigenvalue weighted by Gasteiger charge is 2.45. The smallest absolute Gasteiger partial charge is 0.315 e. The number of aromatic nitrogens is 3. The fraction of sp³-hybridized carbons (Fsp3) is 0.480. The Morgan fingerprint density at radius 2 is 2.00 bits per heavy atom. The lowest BCUT2D eigenvalue weighted by molar-refractivity contribution is -0.145. The lowest BCUT2D eigenvalue weighted by Gasteiger charge is -2.38. The molecule has 0 saturated carbocycles. The van der Waals surface area contributed by atoms with E-state index in [9.17, 15) is 14.4 Å². The number of aromatic amines is 1. The van der Waals surface area contributed by atoms with Crippen molar-refractivity contribution in [1.29, 1.82) is 0 Å². The summed E-state index contributed by atoms with van der Waals surface area (Å²) in [6, 6.07) is 5.66. The molecule has 2 fully saturated rings. The zero-order valence-corrected chi connectivity index (χ0v) is 20.6. The lowest BCUT2D eigenvalue weighted by Crippen LogP contribution is -2.48. The first-order chi connectivity index (χ1) is 17.0. The first-order valence-corrected chi connectivity index (χ1v) is 13.1. The summed E-state index contributed by atoms with van der Waals surface area (Å²) in [5.74, 6) is -0.993. The molecule has 2 aliphatic rings. The van der Waals surface area contributed by atoms with Gasteiger partial charge in [0, 0.05) is 23.4 Å². The third-order valence-electron chi connectivity index (χ3n) is 7.11. The molecule has 184 valence electrons.